The lowest BCUT2D eigenvalue weighted by Crippen LogP contribution is -2.12. The standard InChI is InChI=1S/C14H12Cl2N2O3/c15-10-1-4-12(5-2-10)21-8-7-17-13-9-11(16)3-6-14(13)18(19)20/h1-6,9,17H,7-8H2. The van der Waals surface area contributed by atoms with Crippen LogP contribution in [0.3, 0.4) is 0 Å². The van der Waals surface area contributed by atoms with Crippen LogP contribution in [0.15, 0.2) is 42.5 Å². The van der Waals surface area contributed by atoms with Gasteiger partial charge in [-0.2, -0.15) is 0 Å². The highest BCUT2D eigenvalue weighted by Crippen LogP contribution is 2.27. The zero-order valence-electron chi connectivity index (χ0n) is 10.9. The van der Waals surface area contributed by atoms with E-state index in [1.807, 2.05) is 0 Å². The molecule has 2 rings (SSSR count). The largest absolute Gasteiger partial charge is 0.492 e. The van der Waals surface area contributed by atoms with Crippen molar-refractivity contribution >= 4 is 34.6 Å². The summed E-state index contributed by atoms with van der Waals surface area (Å²) >= 11 is 11.6. The zero-order valence-corrected chi connectivity index (χ0v) is 12.4. The van der Waals surface area contributed by atoms with E-state index in [1.165, 1.54) is 18.2 Å². The average Bonchev–Trinajstić information content (AvgIpc) is 2.45. The van der Waals surface area contributed by atoms with Crippen molar-refractivity contribution in [3.63, 3.8) is 0 Å². The molecule has 0 spiro atoms. The van der Waals surface area contributed by atoms with Crippen LogP contribution in [-0.2, 0) is 0 Å². The summed E-state index contributed by atoms with van der Waals surface area (Å²) in [5.74, 6) is 0.682. The Morgan fingerprint density at radius 1 is 1.10 bits per heavy atom. The number of halogens is 2. The SMILES string of the molecule is O=[N+]([O-])c1ccc(Cl)cc1NCCOc1ccc(Cl)cc1. The summed E-state index contributed by atoms with van der Waals surface area (Å²) in [7, 11) is 0. The zero-order chi connectivity index (χ0) is 15.2. The van der Waals surface area contributed by atoms with Gasteiger partial charge in [0.05, 0.1) is 4.92 Å². The molecule has 7 heteroatoms. The fourth-order valence-corrected chi connectivity index (χ4v) is 1.99. The van der Waals surface area contributed by atoms with E-state index in [0.29, 0.717) is 34.6 Å². The van der Waals surface area contributed by atoms with E-state index < -0.39 is 4.92 Å². The van der Waals surface area contributed by atoms with Gasteiger partial charge in [-0.25, -0.2) is 0 Å². The maximum Gasteiger partial charge on any atom is 0.292 e. The van der Waals surface area contributed by atoms with Crippen molar-refractivity contribution < 1.29 is 9.66 Å². The van der Waals surface area contributed by atoms with Gasteiger partial charge >= 0.3 is 0 Å². The van der Waals surface area contributed by atoms with Gasteiger partial charge in [0.1, 0.15) is 18.0 Å². The van der Waals surface area contributed by atoms with Crippen molar-refractivity contribution in [3.05, 3.63) is 62.6 Å². The van der Waals surface area contributed by atoms with Crippen LogP contribution in [0.5, 0.6) is 5.75 Å². The lowest BCUT2D eigenvalue weighted by atomic mass is 10.2. The molecule has 0 aliphatic rings. The summed E-state index contributed by atoms with van der Waals surface area (Å²) in [5.41, 5.74) is 0.345. The Morgan fingerprint density at radius 2 is 1.76 bits per heavy atom. The van der Waals surface area contributed by atoms with E-state index >= 15 is 0 Å². The molecule has 0 aliphatic carbocycles. The van der Waals surface area contributed by atoms with Crippen LogP contribution in [0.4, 0.5) is 11.4 Å². The van der Waals surface area contributed by atoms with Crippen molar-refractivity contribution in [1.82, 2.24) is 0 Å². The van der Waals surface area contributed by atoms with Crippen LogP contribution in [-0.4, -0.2) is 18.1 Å². The summed E-state index contributed by atoms with van der Waals surface area (Å²) in [6.07, 6.45) is 0. The third-order valence-corrected chi connectivity index (χ3v) is 3.14. The summed E-state index contributed by atoms with van der Waals surface area (Å²) in [6.45, 7) is 0.759. The summed E-state index contributed by atoms with van der Waals surface area (Å²) in [4.78, 5) is 10.4. The summed E-state index contributed by atoms with van der Waals surface area (Å²) in [6, 6.07) is 11.3. The van der Waals surface area contributed by atoms with Crippen LogP contribution in [0, 0.1) is 10.1 Å². The fourth-order valence-electron chi connectivity index (χ4n) is 1.69. The maximum atomic E-state index is 10.9. The number of hydrogen-bond donors (Lipinski definition) is 1. The van der Waals surface area contributed by atoms with Gasteiger partial charge in [-0.05, 0) is 36.4 Å². The van der Waals surface area contributed by atoms with Crippen molar-refractivity contribution in [2.75, 3.05) is 18.5 Å². The highest BCUT2D eigenvalue weighted by Gasteiger charge is 2.13. The number of nitrogens with one attached hydrogen (secondary N) is 1. The van der Waals surface area contributed by atoms with Crippen LogP contribution < -0.4 is 10.1 Å². The molecule has 0 saturated carbocycles. The van der Waals surface area contributed by atoms with E-state index in [2.05, 4.69) is 5.32 Å². The molecule has 21 heavy (non-hydrogen) atoms. The minimum Gasteiger partial charge on any atom is -0.492 e. The first-order valence-electron chi connectivity index (χ1n) is 6.12. The van der Waals surface area contributed by atoms with E-state index in [4.69, 9.17) is 27.9 Å². The molecule has 110 valence electrons. The van der Waals surface area contributed by atoms with Crippen LogP contribution in [0.2, 0.25) is 10.0 Å². The Morgan fingerprint density at radius 3 is 2.43 bits per heavy atom. The van der Waals surface area contributed by atoms with Crippen molar-refractivity contribution in [3.8, 4) is 5.75 Å². The fraction of sp³-hybridized carbons (Fsp3) is 0.143. The number of nitrogens with zero attached hydrogens (tertiary/aromatic N) is 1. The second-order valence-corrected chi connectivity index (χ2v) is 5.02. The van der Waals surface area contributed by atoms with Gasteiger partial charge in [0, 0.05) is 22.7 Å². The van der Waals surface area contributed by atoms with Crippen LogP contribution in [0.1, 0.15) is 0 Å². The van der Waals surface area contributed by atoms with Gasteiger partial charge in [0.15, 0.2) is 0 Å². The van der Waals surface area contributed by atoms with E-state index in [-0.39, 0.29) is 5.69 Å². The molecule has 0 amide bonds. The highest BCUT2D eigenvalue weighted by atomic mass is 35.5. The molecule has 0 fully saturated rings. The first-order valence-corrected chi connectivity index (χ1v) is 6.88. The number of ether oxygens (including phenoxy) is 1. The second kappa shape index (κ2) is 7.15. The van der Waals surface area contributed by atoms with E-state index in [0.717, 1.165) is 0 Å². The summed E-state index contributed by atoms with van der Waals surface area (Å²) < 4.78 is 5.49. The Labute approximate surface area is 131 Å². The van der Waals surface area contributed by atoms with Gasteiger partial charge < -0.3 is 10.1 Å². The molecule has 0 atom stereocenters. The molecule has 2 aromatic carbocycles. The second-order valence-electron chi connectivity index (χ2n) is 4.15. The monoisotopic (exact) mass is 326 g/mol. The highest BCUT2D eigenvalue weighted by molar-refractivity contribution is 6.31. The Bertz CT molecular complexity index is 633. The average molecular weight is 327 g/mol. The van der Waals surface area contributed by atoms with Gasteiger partial charge in [-0.15, -0.1) is 0 Å². The first-order chi connectivity index (χ1) is 10.1. The Hall–Kier alpha value is -1.98. The quantitative estimate of drug-likeness (QED) is 0.485. The molecule has 0 saturated heterocycles. The molecule has 0 radical (unpaired) electrons. The van der Waals surface area contributed by atoms with Crippen molar-refractivity contribution in [1.29, 1.82) is 0 Å². The molecule has 0 heterocycles. The Balaban J connectivity index is 1.90. The summed E-state index contributed by atoms with van der Waals surface area (Å²) in [5, 5.41) is 14.9. The minimum atomic E-state index is -0.460. The third kappa shape index (κ3) is 4.51. The molecule has 2 aromatic rings. The first kappa shape index (κ1) is 15.4. The van der Waals surface area contributed by atoms with Gasteiger partial charge in [0.2, 0.25) is 0 Å². The molecular weight excluding hydrogens is 315 g/mol. The number of rotatable bonds is 6. The topological polar surface area (TPSA) is 64.4 Å². The number of hydrogen-bond acceptors (Lipinski definition) is 4. The Kier molecular flexibility index (Phi) is 5.25. The maximum absolute atomic E-state index is 10.9. The molecule has 0 unspecified atom stereocenters. The molecular formula is C14H12Cl2N2O3. The predicted molar refractivity (Wildman–Crippen MR) is 83.5 cm³/mol. The molecule has 5 nitrogen and oxygen atoms in total. The predicted octanol–water partition coefficient (Wildman–Crippen LogP) is 4.39. The lowest BCUT2D eigenvalue weighted by Gasteiger charge is -2.09. The van der Waals surface area contributed by atoms with Gasteiger partial charge in [0.25, 0.3) is 5.69 Å². The smallest absolute Gasteiger partial charge is 0.292 e. The lowest BCUT2D eigenvalue weighted by molar-refractivity contribution is -0.384. The molecule has 0 bridgehead atoms. The van der Waals surface area contributed by atoms with Gasteiger partial charge in [-0.1, -0.05) is 23.2 Å². The van der Waals surface area contributed by atoms with Crippen LogP contribution in [0.25, 0.3) is 0 Å². The minimum absolute atomic E-state index is 0.0223. The van der Waals surface area contributed by atoms with E-state index in [9.17, 15) is 10.1 Å². The molecule has 0 aliphatic heterocycles. The number of nitro groups is 1. The molecule has 0 aromatic heterocycles. The van der Waals surface area contributed by atoms with Crippen molar-refractivity contribution in [2.24, 2.45) is 0 Å². The number of benzene rings is 2. The number of nitro benzene ring substituents is 1. The van der Waals surface area contributed by atoms with Crippen LogP contribution >= 0.6 is 23.2 Å². The third-order valence-electron chi connectivity index (χ3n) is 2.66. The molecule has 1 N–H and O–H groups in total. The number of anilines is 1. The normalized spacial score (nSPS) is 10.2. The van der Waals surface area contributed by atoms with Crippen molar-refractivity contribution in [2.45, 2.75) is 0 Å². The van der Waals surface area contributed by atoms with Gasteiger partial charge in [-0.3, -0.25) is 10.1 Å². The van der Waals surface area contributed by atoms with E-state index in [1.54, 1.807) is 24.3 Å².